The first-order valence-corrected chi connectivity index (χ1v) is 13.7. The van der Waals surface area contributed by atoms with Crippen LogP contribution in [0.3, 0.4) is 0 Å². The van der Waals surface area contributed by atoms with Gasteiger partial charge in [0.25, 0.3) is 0 Å². The first kappa shape index (κ1) is 27.2. The first-order valence-electron chi connectivity index (χ1n) is 13.7. The van der Waals surface area contributed by atoms with E-state index in [1.165, 1.54) is 37.8 Å². The number of allylic oxidation sites excluding steroid dienone is 2. The average molecular weight is 535 g/mol. The van der Waals surface area contributed by atoms with E-state index in [2.05, 4.69) is 39.5 Å². The van der Waals surface area contributed by atoms with Crippen molar-refractivity contribution in [2.45, 2.75) is 39.2 Å². The number of nitrogens with two attached hydrogens (primary N) is 1. The van der Waals surface area contributed by atoms with Gasteiger partial charge in [0.05, 0.1) is 23.3 Å². The third-order valence-electron chi connectivity index (χ3n) is 7.45. The minimum absolute atomic E-state index is 0.292. The van der Waals surface area contributed by atoms with Crippen molar-refractivity contribution >= 4 is 16.8 Å². The maximum Gasteiger partial charge on any atom is 0.138 e. The second-order valence-electron chi connectivity index (χ2n) is 10.4. The number of pyridine rings is 2. The van der Waals surface area contributed by atoms with E-state index in [1.807, 2.05) is 31.5 Å². The van der Waals surface area contributed by atoms with Crippen LogP contribution in [0.2, 0.25) is 0 Å². The number of aromatic amines is 1. The number of rotatable bonds is 10. The Kier molecular flexibility index (Phi) is 8.31. The Morgan fingerprint density at radius 1 is 1.15 bits per heavy atom. The van der Waals surface area contributed by atoms with Crippen molar-refractivity contribution in [1.29, 1.82) is 0 Å². The van der Waals surface area contributed by atoms with Gasteiger partial charge in [-0.05, 0) is 67.6 Å². The van der Waals surface area contributed by atoms with Gasteiger partial charge < -0.3 is 16.0 Å². The third kappa shape index (κ3) is 6.10. The predicted octanol–water partition coefficient (Wildman–Crippen LogP) is 6.86. The van der Waals surface area contributed by atoms with Crippen LogP contribution in [0.1, 0.15) is 59.6 Å². The minimum Gasteiger partial charge on any atom is -0.397 e. The van der Waals surface area contributed by atoms with Gasteiger partial charge in [-0.1, -0.05) is 50.3 Å². The predicted molar refractivity (Wildman–Crippen MR) is 161 cm³/mol. The molecule has 4 aromatic rings. The SMILES string of the molecule is C=C/C=C(/c1ccc(F)cc1)c1nc(C(=C)c2cc(-c3cncc(CNCC4CCCC4)c3)ncc2N)[nH]c1C. The van der Waals surface area contributed by atoms with Crippen LogP contribution in [-0.4, -0.2) is 26.5 Å². The van der Waals surface area contributed by atoms with Crippen LogP contribution < -0.4 is 11.1 Å². The molecule has 6 nitrogen and oxygen atoms in total. The molecule has 0 unspecified atom stereocenters. The molecule has 0 saturated heterocycles. The Morgan fingerprint density at radius 2 is 1.93 bits per heavy atom. The van der Waals surface area contributed by atoms with E-state index in [0.29, 0.717) is 17.1 Å². The molecule has 0 aliphatic heterocycles. The highest BCUT2D eigenvalue weighted by Crippen LogP contribution is 2.32. The number of nitrogens with zero attached hydrogens (tertiary/aromatic N) is 3. The normalized spacial score (nSPS) is 14.0. The zero-order chi connectivity index (χ0) is 28.1. The van der Waals surface area contributed by atoms with Crippen LogP contribution in [0.25, 0.3) is 22.4 Å². The van der Waals surface area contributed by atoms with Crippen LogP contribution in [0.15, 0.2) is 80.3 Å². The highest BCUT2D eigenvalue weighted by molar-refractivity contribution is 5.86. The zero-order valence-corrected chi connectivity index (χ0v) is 22.9. The van der Waals surface area contributed by atoms with Crippen molar-refractivity contribution in [3.63, 3.8) is 0 Å². The molecule has 3 aromatic heterocycles. The molecule has 40 heavy (non-hydrogen) atoms. The molecule has 1 fully saturated rings. The molecule has 204 valence electrons. The van der Waals surface area contributed by atoms with Gasteiger partial charge in [0.2, 0.25) is 0 Å². The van der Waals surface area contributed by atoms with Gasteiger partial charge in [-0.2, -0.15) is 0 Å². The fourth-order valence-corrected chi connectivity index (χ4v) is 5.30. The van der Waals surface area contributed by atoms with E-state index in [-0.39, 0.29) is 5.82 Å². The Hall–Kier alpha value is -4.36. The van der Waals surface area contributed by atoms with Gasteiger partial charge in [-0.15, -0.1) is 0 Å². The summed E-state index contributed by atoms with van der Waals surface area (Å²) in [7, 11) is 0. The number of halogens is 1. The summed E-state index contributed by atoms with van der Waals surface area (Å²) < 4.78 is 13.5. The highest BCUT2D eigenvalue weighted by atomic mass is 19.1. The lowest BCUT2D eigenvalue weighted by Crippen LogP contribution is -2.20. The van der Waals surface area contributed by atoms with Crippen LogP contribution in [0.4, 0.5) is 10.1 Å². The summed E-state index contributed by atoms with van der Waals surface area (Å²) in [6.45, 7) is 11.9. The topological polar surface area (TPSA) is 92.5 Å². The summed E-state index contributed by atoms with van der Waals surface area (Å²) >= 11 is 0. The molecule has 0 amide bonds. The summed E-state index contributed by atoms with van der Waals surface area (Å²) in [4.78, 5) is 17.3. The molecule has 1 aliphatic rings. The van der Waals surface area contributed by atoms with E-state index in [0.717, 1.165) is 63.9 Å². The molecule has 1 aromatic carbocycles. The summed E-state index contributed by atoms with van der Waals surface area (Å²) in [5.41, 5.74) is 14.3. The Balaban J connectivity index is 1.38. The minimum atomic E-state index is -0.292. The Labute approximate surface area is 235 Å². The summed E-state index contributed by atoms with van der Waals surface area (Å²) in [6, 6.07) is 10.4. The van der Waals surface area contributed by atoms with E-state index in [4.69, 9.17) is 10.7 Å². The quantitative estimate of drug-likeness (QED) is 0.193. The van der Waals surface area contributed by atoms with Crippen molar-refractivity contribution < 1.29 is 4.39 Å². The smallest absolute Gasteiger partial charge is 0.138 e. The number of aryl methyl sites for hydroxylation is 1. The van der Waals surface area contributed by atoms with Crippen molar-refractivity contribution in [3.8, 4) is 11.3 Å². The van der Waals surface area contributed by atoms with Crippen molar-refractivity contribution in [2.24, 2.45) is 5.92 Å². The third-order valence-corrected chi connectivity index (χ3v) is 7.45. The molecule has 7 heteroatoms. The fraction of sp³-hybridized carbons (Fsp3) is 0.242. The molecule has 1 aliphatic carbocycles. The van der Waals surface area contributed by atoms with Crippen LogP contribution in [-0.2, 0) is 6.54 Å². The summed E-state index contributed by atoms with van der Waals surface area (Å²) in [6.07, 6.45) is 14.3. The number of nitrogen functional groups attached to an aromatic ring is 1. The molecule has 0 spiro atoms. The lowest BCUT2D eigenvalue weighted by molar-refractivity contribution is 0.489. The van der Waals surface area contributed by atoms with Crippen molar-refractivity contribution in [2.75, 3.05) is 12.3 Å². The molecular formula is C33H35FN6. The van der Waals surface area contributed by atoms with E-state index in [9.17, 15) is 4.39 Å². The standard InChI is InChI=1S/C33H35FN6/c1-4-7-28(25-10-12-27(34)13-11-25)32-22(3)39-33(40-32)21(2)29-15-31(38-20-30(29)35)26-14-24(18-37-19-26)17-36-16-23-8-5-6-9-23/h4,7,10-15,18-20,23,36H,1-2,5-6,8-9,16-17,35H2,3H3,(H,39,40)/b28-7-. The number of H-pyrrole nitrogens is 1. The Morgan fingerprint density at radius 3 is 2.67 bits per heavy atom. The number of benzene rings is 1. The number of hydrogen-bond donors (Lipinski definition) is 3. The van der Waals surface area contributed by atoms with Crippen molar-refractivity contribution in [3.05, 3.63) is 120 Å². The number of nitrogens with one attached hydrogen (secondary N) is 2. The largest absolute Gasteiger partial charge is 0.397 e. The van der Waals surface area contributed by atoms with Gasteiger partial charge in [0.15, 0.2) is 0 Å². The zero-order valence-electron chi connectivity index (χ0n) is 22.9. The summed E-state index contributed by atoms with van der Waals surface area (Å²) in [5.74, 6) is 1.09. The lowest BCUT2D eigenvalue weighted by Gasteiger charge is -2.12. The maximum atomic E-state index is 13.5. The second-order valence-corrected chi connectivity index (χ2v) is 10.4. The van der Waals surface area contributed by atoms with Gasteiger partial charge in [0, 0.05) is 46.9 Å². The second kappa shape index (κ2) is 12.2. The molecule has 0 bridgehead atoms. The van der Waals surface area contributed by atoms with Crippen LogP contribution in [0, 0.1) is 18.7 Å². The van der Waals surface area contributed by atoms with Gasteiger partial charge in [-0.3, -0.25) is 9.97 Å². The lowest BCUT2D eigenvalue weighted by atomic mass is 10.0. The summed E-state index contributed by atoms with van der Waals surface area (Å²) in [5, 5.41) is 3.59. The Bertz CT molecular complexity index is 1540. The molecule has 0 atom stereocenters. The van der Waals surface area contributed by atoms with Gasteiger partial charge in [0.1, 0.15) is 11.6 Å². The number of anilines is 1. The number of hydrogen-bond acceptors (Lipinski definition) is 5. The highest BCUT2D eigenvalue weighted by Gasteiger charge is 2.18. The number of imidazole rings is 1. The van der Waals surface area contributed by atoms with Gasteiger partial charge >= 0.3 is 0 Å². The van der Waals surface area contributed by atoms with E-state index >= 15 is 0 Å². The monoisotopic (exact) mass is 534 g/mol. The first-order chi connectivity index (χ1) is 19.4. The van der Waals surface area contributed by atoms with E-state index < -0.39 is 0 Å². The average Bonchev–Trinajstić information content (AvgIpc) is 3.62. The fourth-order valence-electron chi connectivity index (χ4n) is 5.30. The molecule has 3 heterocycles. The molecule has 5 rings (SSSR count). The molecule has 1 saturated carbocycles. The molecule has 0 radical (unpaired) electrons. The van der Waals surface area contributed by atoms with Crippen LogP contribution in [0.5, 0.6) is 0 Å². The maximum absolute atomic E-state index is 13.5. The molecule has 4 N–H and O–H groups in total. The van der Waals surface area contributed by atoms with Gasteiger partial charge in [-0.25, -0.2) is 9.37 Å². The number of aromatic nitrogens is 4. The van der Waals surface area contributed by atoms with Crippen molar-refractivity contribution in [1.82, 2.24) is 25.3 Å². The van der Waals surface area contributed by atoms with E-state index in [1.54, 1.807) is 24.4 Å². The van der Waals surface area contributed by atoms with Crippen LogP contribution >= 0.6 is 0 Å². The molecular weight excluding hydrogens is 499 g/mol.